The Kier molecular flexibility index (Phi) is 5.29. The smallest absolute Gasteiger partial charge is 0.326 e. The van der Waals surface area contributed by atoms with Gasteiger partial charge >= 0.3 is 6.18 Å². The predicted octanol–water partition coefficient (Wildman–Crippen LogP) is 2.62. The molecule has 0 radical (unpaired) electrons. The summed E-state index contributed by atoms with van der Waals surface area (Å²) in [6.45, 7) is 5.32. The number of halogens is 3. The molecule has 21 heavy (non-hydrogen) atoms. The Hall–Kier alpha value is -0.630. The highest BCUT2D eigenvalue weighted by Crippen LogP contribution is 2.30. The molecule has 1 aromatic rings. The third-order valence-electron chi connectivity index (χ3n) is 3.75. The van der Waals surface area contributed by atoms with E-state index in [-0.39, 0.29) is 12.1 Å². The molecule has 120 valence electrons. The van der Waals surface area contributed by atoms with Crippen LogP contribution in [0.5, 0.6) is 0 Å². The van der Waals surface area contributed by atoms with Crippen LogP contribution >= 0.6 is 11.3 Å². The van der Waals surface area contributed by atoms with E-state index in [1.807, 2.05) is 13.8 Å². The fraction of sp³-hybridized carbons (Fsp3) is 0.714. The zero-order valence-electron chi connectivity index (χ0n) is 12.4. The third-order valence-corrected chi connectivity index (χ3v) is 4.83. The highest BCUT2D eigenvalue weighted by atomic mass is 32.1. The summed E-state index contributed by atoms with van der Waals surface area (Å²) in [5, 5.41) is 0. The Morgan fingerprint density at radius 1 is 1.24 bits per heavy atom. The van der Waals surface area contributed by atoms with Crippen molar-refractivity contribution in [2.75, 3.05) is 32.7 Å². The average molecular weight is 321 g/mol. The molecule has 0 saturated carbocycles. The minimum absolute atomic E-state index is 0.0442. The number of aryl methyl sites for hydroxylation is 1. The zero-order chi connectivity index (χ0) is 15.6. The van der Waals surface area contributed by atoms with Crippen molar-refractivity contribution < 1.29 is 13.2 Å². The number of hydrogen-bond acceptors (Lipinski definition) is 4. The molecule has 2 atom stereocenters. The lowest BCUT2D eigenvalue weighted by Crippen LogP contribution is -2.52. The monoisotopic (exact) mass is 321 g/mol. The molecule has 2 heterocycles. The maximum Gasteiger partial charge on any atom is 0.401 e. The van der Waals surface area contributed by atoms with Crippen molar-refractivity contribution in [1.29, 1.82) is 0 Å². The number of rotatable bonds is 4. The molecule has 2 rings (SSSR count). The lowest BCUT2D eigenvalue weighted by Gasteiger charge is -2.40. The predicted molar refractivity (Wildman–Crippen MR) is 79.5 cm³/mol. The molecule has 2 unspecified atom stereocenters. The van der Waals surface area contributed by atoms with E-state index in [4.69, 9.17) is 5.73 Å². The highest BCUT2D eigenvalue weighted by molar-refractivity contribution is 7.12. The van der Waals surface area contributed by atoms with E-state index in [0.717, 1.165) is 0 Å². The van der Waals surface area contributed by atoms with E-state index >= 15 is 0 Å². The zero-order valence-corrected chi connectivity index (χ0v) is 13.2. The first-order valence-corrected chi connectivity index (χ1v) is 7.93. The standard InChI is InChI=1S/C14H22F3N3S/c1-10-3-4-12(21-10)13(11(2)18)20-7-5-19(6-8-20)9-14(15,16)17/h3-4,11,13H,5-9,18H2,1-2H3. The average Bonchev–Trinajstić information content (AvgIpc) is 2.76. The van der Waals surface area contributed by atoms with Gasteiger partial charge in [-0.3, -0.25) is 9.80 Å². The molecule has 1 fully saturated rings. The van der Waals surface area contributed by atoms with Crippen molar-refractivity contribution in [1.82, 2.24) is 9.80 Å². The van der Waals surface area contributed by atoms with Gasteiger partial charge in [-0.15, -0.1) is 11.3 Å². The van der Waals surface area contributed by atoms with Gasteiger partial charge in [0.2, 0.25) is 0 Å². The second kappa shape index (κ2) is 6.64. The minimum Gasteiger partial charge on any atom is -0.326 e. The van der Waals surface area contributed by atoms with E-state index in [1.165, 1.54) is 14.7 Å². The van der Waals surface area contributed by atoms with Crippen LogP contribution < -0.4 is 5.73 Å². The molecule has 1 saturated heterocycles. The summed E-state index contributed by atoms with van der Waals surface area (Å²) in [7, 11) is 0. The van der Waals surface area contributed by atoms with Crippen molar-refractivity contribution >= 4 is 11.3 Å². The number of nitrogens with two attached hydrogens (primary N) is 1. The lowest BCUT2D eigenvalue weighted by molar-refractivity contribution is -0.150. The lowest BCUT2D eigenvalue weighted by atomic mass is 10.1. The second-order valence-corrected chi connectivity index (χ2v) is 7.00. The van der Waals surface area contributed by atoms with Gasteiger partial charge in [-0.25, -0.2) is 0 Å². The van der Waals surface area contributed by atoms with Crippen molar-refractivity contribution in [2.24, 2.45) is 5.73 Å². The number of hydrogen-bond donors (Lipinski definition) is 1. The van der Waals surface area contributed by atoms with Gasteiger partial charge in [0, 0.05) is 42.0 Å². The summed E-state index contributed by atoms with van der Waals surface area (Å²) in [5.74, 6) is 0. The number of nitrogens with zero attached hydrogens (tertiary/aromatic N) is 2. The van der Waals surface area contributed by atoms with Crippen molar-refractivity contribution in [2.45, 2.75) is 32.1 Å². The first-order valence-electron chi connectivity index (χ1n) is 7.11. The summed E-state index contributed by atoms with van der Waals surface area (Å²) in [5.41, 5.74) is 6.12. The molecule has 0 aliphatic carbocycles. The fourth-order valence-electron chi connectivity index (χ4n) is 2.84. The van der Waals surface area contributed by atoms with Gasteiger partial charge < -0.3 is 5.73 Å². The van der Waals surface area contributed by atoms with Gasteiger partial charge in [0.15, 0.2) is 0 Å². The van der Waals surface area contributed by atoms with Crippen LogP contribution in [0.1, 0.15) is 22.7 Å². The molecular weight excluding hydrogens is 299 g/mol. The summed E-state index contributed by atoms with van der Waals surface area (Å²) in [6, 6.07) is 4.19. The highest BCUT2D eigenvalue weighted by Gasteiger charge is 2.34. The molecule has 2 N–H and O–H groups in total. The molecule has 7 heteroatoms. The van der Waals surface area contributed by atoms with Gasteiger partial charge in [0.05, 0.1) is 12.6 Å². The summed E-state index contributed by atoms with van der Waals surface area (Å²) >= 11 is 1.71. The van der Waals surface area contributed by atoms with E-state index < -0.39 is 12.7 Å². The first kappa shape index (κ1) is 16.7. The van der Waals surface area contributed by atoms with Crippen molar-refractivity contribution in [3.05, 3.63) is 21.9 Å². The van der Waals surface area contributed by atoms with Crippen LogP contribution in [0.4, 0.5) is 13.2 Å². The van der Waals surface area contributed by atoms with Crippen molar-refractivity contribution in [3.63, 3.8) is 0 Å². The maximum absolute atomic E-state index is 12.4. The second-order valence-electron chi connectivity index (χ2n) is 5.68. The Labute approximate surface area is 127 Å². The largest absolute Gasteiger partial charge is 0.401 e. The van der Waals surface area contributed by atoms with E-state index in [2.05, 4.69) is 17.0 Å². The topological polar surface area (TPSA) is 32.5 Å². The Bertz CT molecular complexity index is 451. The summed E-state index contributed by atoms with van der Waals surface area (Å²) < 4.78 is 37.3. The summed E-state index contributed by atoms with van der Waals surface area (Å²) in [4.78, 5) is 6.11. The van der Waals surface area contributed by atoms with Gasteiger partial charge in [0.25, 0.3) is 0 Å². The Morgan fingerprint density at radius 2 is 1.86 bits per heavy atom. The summed E-state index contributed by atoms with van der Waals surface area (Å²) in [6.07, 6.45) is -4.12. The van der Waals surface area contributed by atoms with Crippen LogP contribution in [0.3, 0.4) is 0 Å². The van der Waals surface area contributed by atoms with E-state index in [9.17, 15) is 13.2 Å². The molecule has 0 bridgehead atoms. The van der Waals surface area contributed by atoms with Gasteiger partial charge in [-0.05, 0) is 26.0 Å². The molecule has 0 aromatic carbocycles. The van der Waals surface area contributed by atoms with Gasteiger partial charge in [-0.2, -0.15) is 13.2 Å². The van der Waals surface area contributed by atoms with Gasteiger partial charge in [0.1, 0.15) is 0 Å². The van der Waals surface area contributed by atoms with Crippen molar-refractivity contribution in [3.8, 4) is 0 Å². The maximum atomic E-state index is 12.4. The van der Waals surface area contributed by atoms with Gasteiger partial charge in [-0.1, -0.05) is 0 Å². The fourth-order valence-corrected chi connectivity index (χ4v) is 3.97. The number of alkyl halides is 3. The van der Waals surface area contributed by atoms with Crippen LogP contribution in [0, 0.1) is 6.92 Å². The molecular formula is C14H22F3N3S. The normalized spacial score (nSPS) is 21.4. The SMILES string of the molecule is Cc1ccc(C(C(C)N)N2CCN(CC(F)(F)F)CC2)s1. The molecule has 1 aromatic heterocycles. The minimum atomic E-state index is -4.12. The quantitative estimate of drug-likeness (QED) is 0.925. The van der Waals surface area contributed by atoms with E-state index in [1.54, 1.807) is 11.3 Å². The molecule has 1 aliphatic rings. The molecule has 1 aliphatic heterocycles. The first-order chi connectivity index (χ1) is 9.76. The van der Waals surface area contributed by atoms with Crippen LogP contribution in [0.25, 0.3) is 0 Å². The van der Waals surface area contributed by atoms with Crippen LogP contribution in [-0.4, -0.2) is 54.7 Å². The number of piperazine rings is 1. The Balaban J connectivity index is 1.98. The molecule has 3 nitrogen and oxygen atoms in total. The van der Waals surface area contributed by atoms with Crippen LogP contribution in [0.2, 0.25) is 0 Å². The van der Waals surface area contributed by atoms with Crippen LogP contribution in [0.15, 0.2) is 12.1 Å². The Morgan fingerprint density at radius 3 is 2.29 bits per heavy atom. The third kappa shape index (κ3) is 4.67. The van der Waals surface area contributed by atoms with E-state index in [0.29, 0.717) is 26.2 Å². The molecule has 0 amide bonds. The number of thiophene rings is 1. The molecule has 0 spiro atoms. The van der Waals surface area contributed by atoms with Crippen LogP contribution in [-0.2, 0) is 0 Å².